The van der Waals surface area contributed by atoms with Crippen LogP contribution in [0.25, 0.3) is 11.1 Å². The number of benzene rings is 2. The maximum absolute atomic E-state index is 15.9. The summed E-state index contributed by atoms with van der Waals surface area (Å²) in [5.41, 5.74) is 3.83. The van der Waals surface area contributed by atoms with Crippen LogP contribution >= 0.6 is 0 Å². The molecule has 1 aromatic heterocycles. The lowest BCUT2D eigenvalue weighted by Crippen LogP contribution is -2.41. The Labute approximate surface area is 259 Å². The van der Waals surface area contributed by atoms with E-state index in [4.69, 9.17) is 4.74 Å². The third-order valence-electron chi connectivity index (χ3n) is 7.66. The van der Waals surface area contributed by atoms with Gasteiger partial charge in [0, 0.05) is 18.3 Å². The van der Waals surface area contributed by atoms with E-state index in [0.717, 1.165) is 26.8 Å². The van der Waals surface area contributed by atoms with Crippen molar-refractivity contribution in [3.05, 3.63) is 92.4 Å². The summed E-state index contributed by atoms with van der Waals surface area (Å²) in [4.78, 5) is 41.7. The first-order valence-electron chi connectivity index (χ1n) is 15.1. The fourth-order valence-electron chi connectivity index (χ4n) is 5.49. The molecular weight excluding hydrogens is 564 g/mol. The minimum atomic E-state index is -1.10. The normalized spacial score (nSPS) is 12.8. The van der Waals surface area contributed by atoms with Gasteiger partial charge in [0.05, 0.1) is 19.1 Å². The number of ether oxygens (including phenoxy) is 1. The molecule has 0 fully saturated rings. The van der Waals surface area contributed by atoms with Crippen molar-refractivity contribution in [2.24, 2.45) is 5.92 Å². The highest BCUT2D eigenvalue weighted by Gasteiger charge is 2.30. The molecular formula is C35H45F2N3O4. The summed E-state index contributed by atoms with van der Waals surface area (Å²) >= 11 is 0. The average molecular weight is 610 g/mol. The molecule has 0 saturated carbocycles. The van der Waals surface area contributed by atoms with E-state index in [0.29, 0.717) is 24.1 Å². The number of carbonyl (C=O) groups is 2. The van der Waals surface area contributed by atoms with Gasteiger partial charge in [-0.25, -0.2) is 8.78 Å². The van der Waals surface area contributed by atoms with Gasteiger partial charge in [-0.1, -0.05) is 32.0 Å². The van der Waals surface area contributed by atoms with Gasteiger partial charge in [0.15, 0.2) is 5.82 Å². The van der Waals surface area contributed by atoms with Crippen molar-refractivity contribution in [1.82, 2.24) is 14.8 Å². The summed E-state index contributed by atoms with van der Waals surface area (Å²) in [7, 11) is 3.78. The number of halogens is 2. The van der Waals surface area contributed by atoms with Crippen LogP contribution in [0.3, 0.4) is 0 Å². The molecule has 7 nitrogen and oxygen atoms in total. The Balaban J connectivity index is 2.12. The molecule has 3 aromatic rings. The first kappa shape index (κ1) is 34.6. The lowest BCUT2D eigenvalue weighted by Gasteiger charge is -2.26. The number of likely N-dealkylation sites (N-methyl/N-ethyl adjacent to an activating group) is 1. The second kappa shape index (κ2) is 15.2. The molecule has 1 amide bonds. The van der Waals surface area contributed by atoms with Gasteiger partial charge in [-0.05, 0) is 112 Å². The van der Waals surface area contributed by atoms with Crippen molar-refractivity contribution in [2.75, 3.05) is 27.2 Å². The number of nitrogens with one attached hydrogen (secondary N) is 1. The van der Waals surface area contributed by atoms with Gasteiger partial charge in [-0.15, -0.1) is 0 Å². The number of esters is 1. The quantitative estimate of drug-likeness (QED) is 0.233. The zero-order valence-corrected chi connectivity index (χ0v) is 27.1. The molecule has 44 heavy (non-hydrogen) atoms. The summed E-state index contributed by atoms with van der Waals surface area (Å²) in [6, 6.07) is 8.31. The van der Waals surface area contributed by atoms with Crippen LogP contribution in [0.2, 0.25) is 0 Å². The smallest absolute Gasteiger partial charge is 0.308 e. The molecule has 0 aliphatic heterocycles. The molecule has 1 unspecified atom stereocenters. The first-order valence-corrected chi connectivity index (χ1v) is 15.1. The second-order valence-electron chi connectivity index (χ2n) is 12.1. The summed E-state index contributed by atoms with van der Waals surface area (Å²) in [5.74, 6) is -2.77. The Kier molecular flexibility index (Phi) is 12.0. The van der Waals surface area contributed by atoms with E-state index in [2.05, 4.69) is 5.32 Å². The Morgan fingerprint density at radius 2 is 1.68 bits per heavy atom. The fourth-order valence-corrected chi connectivity index (χ4v) is 5.49. The maximum atomic E-state index is 15.9. The van der Waals surface area contributed by atoms with Crippen LogP contribution in [0.15, 0.2) is 47.4 Å². The predicted molar refractivity (Wildman–Crippen MR) is 170 cm³/mol. The third kappa shape index (κ3) is 8.62. The van der Waals surface area contributed by atoms with Gasteiger partial charge in [0.2, 0.25) is 5.91 Å². The number of nitrogens with zero attached hydrogens (tertiary/aromatic N) is 2. The standard InChI is InChI=1S/C35H45F2N3O4/c1-9-44-31(41)19-29(27-18-26(16-24(6)33(27)37)32-22(4)11-10-12-23(32)5)38-34(42)30(15-21(2)3)40-20-25(13-14-39(7)8)17-28(36)35(40)43/h10-12,16-18,20-21,29-30H,9,13-15,19H2,1-8H3,(H,38,42)/t29-,30?/m0/s1. The summed E-state index contributed by atoms with van der Waals surface area (Å²) in [5, 5.41) is 2.85. The van der Waals surface area contributed by atoms with Crippen molar-refractivity contribution in [3.8, 4) is 11.1 Å². The zero-order chi connectivity index (χ0) is 32.7. The number of pyridine rings is 1. The Hall–Kier alpha value is -3.85. The molecule has 0 aliphatic carbocycles. The average Bonchev–Trinajstić information content (AvgIpc) is 2.93. The van der Waals surface area contributed by atoms with E-state index in [9.17, 15) is 18.8 Å². The summed E-state index contributed by atoms with van der Waals surface area (Å²) in [6.07, 6.45) is 1.89. The SMILES string of the molecule is CCOC(=O)C[C@H](NC(=O)C(CC(C)C)n1cc(CCN(C)C)cc(F)c1=O)c1cc(-c2c(C)cccc2C)cc(C)c1F. The lowest BCUT2D eigenvalue weighted by atomic mass is 9.90. The third-order valence-corrected chi connectivity index (χ3v) is 7.66. The number of amides is 1. The van der Waals surface area contributed by atoms with Crippen molar-refractivity contribution >= 4 is 11.9 Å². The van der Waals surface area contributed by atoms with Gasteiger partial charge in [-0.3, -0.25) is 14.4 Å². The largest absolute Gasteiger partial charge is 0.466 e. The van der Waals surface area contributed by atoms with Crippen molar-refractivity contribution < 1.29 is 23.1 Å². The molecule has 238 valence electrons. The van der Waals surface area contributed by atoms with Crippen LogP contribution in [-0.4, -0.2) is 48.6 Å². The highest BCUT2D eigenvalue weighted by molar-refractivity contribution is 5.82. The number of carbonyl (C=O) groups excluding carboxylic acids is 2. The molecule has 9 heteroatoms. The Bertz CT molecular complexity index is 1530. The number of rotatable bonds is 13. The first-order chi connectivity index (χ1) is 20.7. The minimum Gasteiger partial charge on any atom is -0.466 e. The van der Waals surface area contributed by atoms with Gasteiger partial charge in [0.1, 0.15) is 11.9 Å². The molecule has 0 radical (unpaired) electrons. The second-order valence-corrected chi connectivity index (χ2v) is 12.1. The lowest BCUT2D eigenvalue weighted by molar-refractivity contribution is -0.144. The monoisotopic (exact) mass is 609 g/mol. The van der Waals surface area contributed by atoms with E-state index in [1.165, 1.54) is 12.3 Å². The summed E-state index contributed by atoms with van der Waals surface area (Å²) < 4.78 is 37.1. The summed E-state index contributed by atoms with van der Waals surface area (Å²) in [6.45, 7) is 11.8. The zero-order valence-electron chi connectivity index (χ0n) is 27.1. The van der Waals surface area contributed by atoms with E-state index in [1.807, 2.05) is 64.9 Å². The minimum absolute atomic E-state index is 0.0408. The molecule has 1 N–H and O–H groups in total. The van der Waals surface area contributed by atoms with Gasteiger partial charge in [0.25, 0.3) is 5.56 Å². The van der Waals surface area contributed by atoms with Crippen LogP contribution in [0.5, 0.6) is 0 Å². The van der Waals surface area contributed by atoms with Crippen LogP contribution in [-0.2, 0) is 20.7 Å². The fraction of sp³-hybridized carbons (Fsp3) is 0.457. The number of aromatic nitrogens is 1. The molecule has 0 spiro atoms. The number of hydrogen-bond acceptors (Lipinski definition) is 5. The molecule has 0 saturated heterocycles. The molecule has 1 heterocycles. The Morgan fingerprint density at radius 1 is 1.02 bits per heavy atom. The van der Waals surface area contributed by atoms with Crippen LogP contribution in [0.1, 0.15) is 73.5 Å². The van der Waals surface area contributed by atoms with Crippen LogP contribution in [0.4, 0.5) is 8.78 Å². The molecule has 0 aliphatic rings. The van der Waals surface area contributed by atoms with E-state index in [1.54, 1.807) is 26.0 Å². The molecule has 0 bridgehead atoms. The van der Waals surface area contributed by atoms with Crippen LogP contribution < -0.4 is 10.9 Å². The van der Waals surface area contributed by atoms with Crippen molar-refractivity contribution in [2.45, 2.75) is 72.9 Å². The van der Waals surface area contributed by atoms with E-state index in [-0.39, 0.29) is 30.9 Å². The number of aryl methyl sites for hydroxylation is 3. The maximum Gasteiger partial charge on any atom is 0.308 e. The van der Waals surface area contributed by atoms with Crippen molar-refractivity contribution in [3.63, 3.8) is 0 Å². The Morgan fingerprint density at radius 3 is 2.27 bits per heavy atom. The van der Waals surface area contributed by atoms with Gasteiger partial charge < -0.3 is 19.5 Å². The van der Waals surface area contributed by atoms with E-state index >= 15 is 4.39 Å². The topological polar surface area (TPSA) is 80.6 Å². The molecule has 2 aromatic carbocycles. The van der Waals surface area contributed by atoms with Gasteiger partial charge >= 0.3 is 5.97 Å². The van der Waals surface area contributed by atoms with Crippen molar-refractivity contribution in [1.29, 1.82) is 0 Å². The predicted octanol–water partition coefficient (Wildman–Crippen LogP) is 6.22. The molecule has 3 rings (SSSR count). The molecule has 2 atom stereocenters. The number of hydrogen-bond donors (Lipinski definition) is 1. The van der Waals surface area contributed by atoms with Crippen LogP contribution in [0, 0.1) is 38.3 Å². The highest BCUT2D eigenvalue weighted by Crippen LogP contribution is 2.34. The highest BCUT2D eigenvalue weighted by atomic mass is 19.1. The van der Waals surface area contributed by atoms with E-state index < -0.39 is 41.2 Å². The van der Waals surface area contributed by atoms with Gasteiger partial charge in [-0.2, -0.15) is 0 Å².